The molecule has 0 bridgehead atoms. The highest BCUT2D eigenvalue weighted by Crippen LogP contribution is 2.43. The molecule has 1 N–H and O–H groups in total. The van der Waals surface area contributed by atoms with Crippen molar-refractivity contribution in [3.63, 3.8) is 0 Å². The standard InChI is InChI=1S/C12H15NO/c1-14-11-4-2-3-9-5-12(6-10(9)11)7-13-8-12/h2-4,13H,5-8H2,1H3. The van der Waals surface area contributed by atoms with Crippen LogP contribution in [0.5, 0.6) is 5.75 Å². The number of hydrogen-bond acceptors (Lipinski definition) is 2. The van der Waals surface area contributed by atoms with E-state index >= 15 is 0 Å². The smallest absolute Gasteiger partial charge is 0.122 e. The molecular weight excluding hydrogens is 174 g/mol. The molecule has 0 amide bonds. The monoisotopic (exact) mass is 189 g/mol. The van der Waals surface area contributed by atoms with Gasteiger partial charge in [-0.15, -0.1) is 0 Å². The van der Waals surface area contributed by atoms with E-state index in [1.165, 1.54) is 37.1 Å². The highest BCUT2D eigenvalue weighted by Gasteiger charge is 2.43. The van der Waals surface area contributed by atoms with Gasteiger partial charge in [0.1, 0.15) is 5.75 Å². The van der Waals surface area contributed by atoms with E-state index in [2.05, 4.69) is 23.5 Å². The summed E-state index contributed by atoms with van der Waals surface area (Å²) < 4.78 is 5.40. The van der Waals surface area contributed by atoms with Crippen LogP contribution in [0.3, 0.4) is 0 Å². The molecule has 2 aliphatic rings. The quantitative estimate of drug-likeness (QED) is 0.720. The van der Waals surface area contributed by atoms with Gasteiger partial charge in [0, 0.05) is 18.5 Å². The molecule has 1 spiro atoms. The third-order valence-electron chi connectivity index (χ3n) is 3.57. The maximum atomic E-state index is 5.40. The summed E-state index contributed by atoms with van der Waals surface area (Å²) in [4.78, 5) is 0. The molecule has 1 aliphatic heterocycles. The second-order valence-corrected chi connectivity index (χ2v) is 4.56. The summed E-state index contributed by atoms with van der Waals surface area (Å²) in [6, 6.07) is 6.41. The zero-order valence-electron chi connectivity index (χ0n) is 8.47. The molecule has 0 aromatic heterocycles. The number of nitrogens with one attached hydrogen (secondary N) is 1. The van der Waals surface area contributed by atoms with Crippen LogP contribution in [-0.2, 0) is 12.8 Å². The molecule has 1 aliphatic carbocycles. The number of fused-ring (bicyclic) bond motifs is 1. The predicted molar refractivity (Wildman–Crippen MR) is 55.7 cm³/mol. The van der Waals surface area contributed by atoms with Crippen molar-refractivity contribution >= 4 is 0 Å². The third-order valence-corrected chi connectivity index (χ3v) is 3.57. The van der Waals surface area contributed by atoms with Crippen LogP contribution in [0.4, 0.5) is 0 Å². The minimum atomic E-state index is 0.525. The fourth-order valence-electron chi connectivity index (χ4n) is 2.74. The summed E-state index contributed by atoms with van der Waals surface area (Å²) in [5.74, 6) is 1.08. The van der Waals surface area contributed by atoms with Gasteiger partial charge in [0.2, 0.25) is 0 Å². The Bertz CT molecular complexity index is 369. The van der Waals surface area contributed by atoms with Crippen LogP contribution in [0, 0.1) is 5.41 Å². The Morgan fingerprint density at radius 1 is 1.29 bits per heavy atom. The normalized spacial score (nSPS) is 21.8. The van der Waals surface area contributed by atoms with Gasteiger partial charge in [-0.2, -0.15) is 0 Å². The van der Waals surface area contributed by atoms with Gasteiger partial charge in [-0.25, -0.2) is 0 Å². The first kappa shape index (κ1) is 8.30. The number of rotatable bonds is 1. The molecule has 2 nitrogen and oxygen atoms in total. The maximum Gasteiger partial charge on any atom is 0.122 e. The minimum Gasteiger partial charge on any atom is -0.496 e. The second kappa shape index (κ2) is 2.74. The van der Waals surface area contributed by atoms with Crippen LogP contribution < -0.4 is 10.1 Å². The van der Waals surface area contributed by atoms with Crippen LogP contribution in [0.2, 0.25) is 0 Å². The van der Waals surface area contributed by atoms with Crippen LogP contribution in [0.25, 0.3) is 0 Å². The highest BCUT2D eigenvalue weighted by atomic mass is 16.5. The molecule has 1 aromatic rings. The van der Waals surface area contributed by atoms with Crippen molar-refractivity contribution in [2.45, 2.75) is 12.8 Å². The van der Waals surface area contributed by atoms with Crippen LogP contribution in [0.1, 0.15) is 11.1 Å². The molecule has 1 aromatic carbocycles. The predicted octanol–water partition coefficient (Wildman–Crippen LogP) is 1.38. The SMILES string of the molecule is COc1cccc2c1CC1(CNC1)C2. The first-order chi connectivity index (χ1) is 6.83. The van der Waals surface area contributed by atoms with Crippen LogP contribution in [0.15, 0.2) is 18.2 Å². The molecule has 1 fully saturated rings. The van der Waals surface area contributed by atoms with E-state index in [0.29, 0.717) is 5.41 Å². The van der Waals surface area contributed by atoms with Crippen LogP contribution in [-0.4, -0.2) is 20.2 Å². The van der Waals surface area contributed by atoms with Gasteiger partial charge in [-0.3, -0.25) is 0 Å². The summed E-state index contributed by atoms with van der Waals surface area (Å²) in [5, 5.41) is 3.38. The summed E-state index contributed by atoms with van der Waals surface area (Å²) in [7, 11) is 1.76. The van der Waals surface area contributed by atoms with E-state index in [1.807, 2.05) is 0 Å². The number of ether oxygens (including phenoxy) is 1. The van der Waals surface area contributed by atoms with Gasteiger partial charge < -0.3 is 10.1 Å². The molecule has 74 valence electrons. The topological polar surface area (TPSA) is 21.3 Å². The lowest BCUT2D eigenvalue weighted by Gasteiger charge is -2.39. The Labute approximate surface area is 84.3 Å². The van der Waals surface area contributed by atoms with Crippen LogP contribution >= 0.6 is 0 Å². The fourth-order valence-corrected chi connectivity index (χ4v) is 2.74. The van der Waals surface area contributed by atoms with E-state index in [-0.39, 0.29) is 0 Å². The Hall–Kier alpha value is -1.02. The Kier molecular flexibility index (Phi) is 1.62. The van der Waals surface area contributed by atoms with E-state index < -0.39 is 0 Å². The molecule has 1 saturated heterocycles. The molecule has 2 heteroatoms. The van der Waals surface area contributed by atoms with Crippen molar-refractivity contribution in [2.75, 3.05) is 20.2 Å². The lowest BCUT2D eigenvalue weighted by atomic mass is 9.79. The maximum absolute atomic E-state index is 5.40. The zero-order chi connectivity index (χ0) is 9.60. The molecular formula is C12H15NO. The van der Waals surface area contributed by atoms with Crippen molar-refractivity contribution in [3.8, 4) is 5.75 Å². The van der Waals surface area contributed by atoms with E-state index in [0.717, 1.165) is 5.75 Å². The first-order valence-corrected chi connectivity index (χ1v) is 5.18. The summed E-state index contributed by atoms with van der Waals surface area (Å²) in [5.41, 5.74) is 3.46. The molecule has 14 heavy (non-hydrogen) atoms. The molecule has 1 heterocycles. The summed E-state index contributed by atoms with van der Waals surface area (Å²) >= 11 is 0. The molecule has 3 rings (SSSR count). The molecule has 0 atom stereocenters. The summed E-state index contributed by atoms with van der Waals surface area (Å²) in [6.07, 6.45) is 2.42. The Balaban J connectivity index is 2.00. The molecule has 0 radical (unpaired) electrons. The number of benzene rings is 1. The lowest BCUT2D eigenvalue weighted by Crippen LogP contribution is -2.53. The van der Waals surface area contributed by atoms with Crippen molar-refractivity contribution < 1.29 is 4.74 Å². The largest absolute Gasteiger partial charge is 0.496 e. The van der Waals surface area contributed by atoms with E-state index in [1.54, 1.807) is 7.11 Å². The van der Waals surface area contributed by atoms with Gasteiger partial charge in [0.05, 0.1) is 7.11 Å². The average molecular weight is 189 g/mol. The van der Waals surface area contributed by atoms with Gasteiger partial charge in [0.15, 0.2) is 0 Å². The minimum absolute atomic E-state index is 0.525. The lowest BCUT2D eigenvalue weighted by molar-refractivity contribution is 0.182. The van der Waals surface area contributed by atoms with Gasteiger partial charge in [-0.05, 0) is 30.0 Å². The van der Waals surface area contributed by atoms with Gasteiger partial charge >= 0.3 is 0 Å². The van der Waals surface area contributed by atoms with Crippen molar-refractivity contribution in [1.29, 1.82) is 0 Å². The van der Waals surface area contributed by atoms with Crippen molar-refractivity contribution in [1.82, 2.24) is 5.32 Å². The molecule has 0 saturated carbocycles. The third kappa shape index (κ3) is 1.01. The fraction of sp³-hybridized carbons (Fsp3) is 0.500. The Morgan fingerprint density at radius 3 is 2.79 bits per heavy atom. The zero-order valence-corrected chi connectivity index (χ0v) is 8.47. The average Bonchev–Trinajstić information content (AvgIpc) is 2.55. The number of methoxy groups -OCH3 is 1. The number of hydrogen-bond donors (Lipinski definition) is 1. The van der Waals surface area contributed by atoms with Crippen molar-refractivity contribution in [3.05, 3.63) is 29.3 Å². The first-order valence-electron chi connectivity index (χ1n) is 5.18. The Morgan fingerprint density at radius 2 is 2.14 bits per heavy atom. The van der Waals surface area contributed by atoms with E-state index in [4.69, 9.17) is 4.74 Å². The van der Waals surface area contributed by atoms with Crippen molar-refractivity contribution in [2.24, 2.45) is 5.41 Å². The highest BCUT2D eigenvalue weighted by molar-refractivity contribution is 5.45. The van der Waals surface area contributed by atoms with E-state index in [9.17, 15) is 0 Å². The molecule has 0 unspecified atom stereocenters. The van der Waals surface area contributed by atoms with Gasteiger partial charge in [-0.1, -0.05) is 12.1 Å². The second-order valence-electron chi connectivity index (χ2n) is 4.56. The summed E-state index contributed by atoms with van der Waals surface area (Å²) in [6.45, 7) is 2.34. The van der Waals surface area contributed by atoms with Gasteiger partial charge in [0.25, 0.3) is 0 Å².